The molecule has 0 bridgehead atoms. The van der Waals surface area contributed by atoms with Crippen LogP contribution in [0.5, 0.6) is 0 Å². The molecule has 0 fully saturated rings. The number of benzene rings is 3. The van der Waals surface area contributed by atoms with Crippen molar-refractivity contribution in [3.63, 3.8) is 0 Å². The number of nitrogens with one attached hydrogen (secondary N) is 2. The molecule has 0 aliphatic rings. The number of furan rings is 1. The lowest BCUT2D eigenvalue weighted by Crippen LogP contribution is -2.29. The van der Waals surface area contributed by atoms with Gasteiger partial charge >= 0.3 is 0 Å². The van der Waals surface area contributed by atoms with Gasteiger partial charge in [0.05, 0.1) is 12.3 Å². The van der Waals surface area contributed by atoms with Gasteiger partial charge in [-0.05, 0) is 47.5 Å². The number of anilines is 1. The lowest BCUT2D eigenvalue weighted by Gasteiger charge is -2.20. The van der Waals surface area contributed by atoms with E-state index >= 15 is 0 Å². The van der Waals surface area contributed by atoms with Crippen molar-refractivity contribution in [1.82, 2.24) is 5.32 Å². The number of hydrogen-bond donors (Lipinski definition) is 2. The predicted octanol–water partition coefficient (Wildman–Crippen LogP) is 5.05. The third kappa shape index (κ3) is 4.47. The molecular formula is C25H20N2O3. The molecule has 0 aliphatic heterocycles. The minimum atomic E-state index is -0.342. The van der Waals surface area contributed by atoms with Crippen molar-refractivity contribution in [2.45, 2.75) is 6.04 Å². The third-order valence-corrected chi connectivity index (χ3v) is 4.69. The molecule has 0 radical (unpaired) electrons. The fraction of sp³-hybridized carbons (Fsp3) is 0.0400. The Kier molecular flexibility index (Phi) is 5.71. The average molecular weight is 396 g/mol. The van der Waals surface area contributed by atoms with Gasteiger partial charge in [0.15, 0.2) is 5.76 Å². The summed E-state index contributed by atoms with van der Waals surface area (Å²) < 4.78 is 5.08. The van der Waals surface area contributed by atoms with Crippen LogP contribution in [0.15, 0.2) is 108 Å². The summed E-state index contributed by atoms with van der Waals surface area (Å²) in [5.74, 6) is -0.313. The molecule has 1 aromatic heterocycles. The Bertz CT molecular complexity index is 1070. The molecule has 0 saturated heterocycles. The third-order valence-electron chi connectivity index (χ3n) is 4.69. The maximum atomic E-state index is 12.9. The van der Waals surface area contributed by atoms with Gasteiger partial charge in [0, 0.05) is 11.3 Å². The van der Waals surface area contributed by atoms with Gasteiger partial charge in [-0.3, -0.25) is 9.59 Å². The molecule has 0 saturated carbocycles. The molecule has 2 N–H and O–H groups in total. The molecule has 0 spiro atoms. The summed E-state index contributed by atoms with van der Waals surface area (Å²) in [6.07, 6.45) is 1.44. The lowest BCUT2D eigenvalue weighted by molar-refractivity contribution is 0.0942. The molecular weight excluding hydrogens is 376 g/mol. The van der Waals surface area contributed by atoms with Crippen molar-refractivity contribution in [3.05, 3.63) is 126 Å². The van der Waals surface area contributed by atoms with Gasteiger partial charge in [-0.25, -0.2) is 0 Å². The fourth-order valence-electron chi connectivity index (χ4n) is 3.17. The first kappa shape index (κ1) is 19.2. The number of carbonyl (C=O) groups is 2. The largest absolute Gasteiger partial charge is 0.459 e. The monoisotopic (exact) mass is 396 g/mol. The first-order valence-electron chi connectivity index (χ1n) is 9.56. The van der Waals surface area contributed by atoms with E-state index in [0.29, 0.717) is 11.3 Å². The Labute approximate surface area is 174 Å². The average Bonchev–Trinajstić information content (AvgIpc) is 3.34. The van der Waals surface area contributed by atoms with Crippen LogP contribution in [0.3, 0.4) is 0 Å². The summed E-state index contributed by atoms with van der Waals surface area (Å²) in [6.45, 7) is 0. The van der Waals surface area contributed by atoms with E-state index in [1.165, 1.54) is 6.26 Å². The minimum Gasteiger partial charge on any atom is -0.459 e. The maximum Gasteiger partial charge on any atom is 0.291 e. The molecule has 0 unspecified atom stereocenters. The summed E-state index contributed by atoms with van der Waals surface area (Å²) in [5, 5.41) is 5.85. The zero-order valence-electron chi connectivity index (χ0n) is 16.1. The van der Waals surface area contributed by atoms with E-state index in [2.05, 4.69) is 10.6 Å². The lowest BCUT2D eigenvalue weighted by atomic mass is 9.98. The number of rotatable bonds is 6. The van der Waals surface area contributed by atoms with Gasteiger partial charge in [0.1, 0.15) is 0 Å². The summed E-state index contributed by atoms with van der Waals surface area (Å²) >= 11 is 0. The van der Waals surface area contributed by atoms with Crippen molar-refractivity contribution in [2.75, 3.05) is 5.32 Å². The van der Waals surface area contributed by atoms with E-state index in [4.69, 9.17) is 4.42 Å². The normalized spacial score (nSPS) is 10.6. The van der Waals surface area contributed by atoms with Crippen molar-refractivity contribution in [2.24, 2.45) is 0 Å². The molecule has 148 valence electrons. The topological polar surface area (TPSA) is 71.3 Å². The SMILES string of the molecule is O=C(NC(c1ccccc1)c1ccccc1)c1ccc(NC(=O)c2ccco2)cc1. The molecule has 2 amide bonds. The zero-order chi connectivity index (χ0) is 20.8. The van der Waals surface area contributed by atoms with Gasteiger partial charge in [0.2, 0.25) is 0 Å². The number of carbonyl (C=O) groups excluding carboxylic acids is 2. The van der Waals surface area contributed by atoms with E-state index in [1.807, 2.05) is 60.7 Å². The van der Waals surface area contributed by atoms with Crippen molar-refractivity contribution in [3.8, 4) is 0 Å². The number of amides is 2. The Hall–Kier alpha value is -4.12. The Morgan fingerprint density at radius 1 is 0.667 bits per heavy atom. The molecule has 5 nitrogen and oxygen atoms in total. The summed E-state index contributed by atoms with van der Waals surface area (Å²) in [5.41, 5.74) is 3.08. The second-order valence-corrected chi connectivity index (χ2v) is 6.74. The van der Waals surface area contributed by atoms with Crippen LogP contribution >= 0.6 is 0 Å². The zero-order valence-corrected chi connectivity index (χ0v) is 16.1. The van der Waals surface area contributed by atoms with E-state index in [9.17, 15) is 9.59 Å². The van der Waals surface area contributed by atoms with Crippen LogP contribution in [0.25, 0.3) is 0 Å². The van der Waals surface area contributed by atoms with Crippen LogP contribution < -0.4 is 10.6 Å². The molecule has 1 heterocycles. The molecule has 5 heteroatoms. The minimum absolute atomic E-state index is 0.198. The van der Waals surface area contributed by atoms with Crippen molar-refractivity contribution >= 4 is 17.5 Å². The highest BCUT2D eigenvalue weighted by atomic mass is 16.3. The van der Waals surface area contributed by atoms with E-state index in [0.717, 1.165) is 11.1 Å². The summed E-state index contributed by atoms with van der Waals surface area (Å²) in [4.78, 5) is 25.0. The van der Waals surface area contributed by atoms with Crippen LogP contribution in [-0.4, -0.2) is 11.8 Å². The molecule has 30 heavy (non-hydrogen) atoms. The van der Waals surface area contributed by atoms with Crippen LogP contribution in [0.4, 0.5) is 5.69 Å². The van der Waals surface area contributed by atoms with Crippen molar-refractivity contribution in [1.29, 1.82) is 0 Å². The number of hydrogen-bond acceptors (Lipinski definition) is 3. The predicted molar refractivity (Wildman–Crippen MR) is 115 cm³/mol. The Morgan fingerprint density at radius 3 is 1.80 bits per heavy atom. The van der Waals surface area contributed by atoms with Crippen LogP contribution in [0.1, 0.15) is 38.1 Å². The fourth-order valence-corrected chi connectivity index (χ4v) is 3.17. The Morgan fingerprint density at radius 2 is 1.27 bits per heavy atom. The van der Waals surface area contributed by atoms with Crippen molar-refractivity contribution < 1.29 is 14.0 Å². The van der Waals surface area contributed by atoms with Crippen LogP contribution in [0.2, 0.25) is 0 Å². The molecule has 4 aromatic rings. The van der Waals surface area contributed by atoms with E-state index < -0.39 is 0 Å². The first-order chi connectivity index (χ1) is 14.7. The van der Waals surface area contributed by atoms with Crippen LogP contribution in [-0.2, 0) is 0 Å². The standard InChI is InChI=1S/C25H20N2O3/c28-24(20-13-15-21(16-14-20)26-25(29)22-12-7-17-30-22)27-23(18-8-3-1-4-9-18)19-10-5-2-6-11-19/h1-17,23H,(H,26,29)(H,27,28). The Balaban J connectivity index is 1.49. The van der Waals surface area contributed by atoms with Gasteiger partial charge < -0.3 is 15.1 Å². The van der Waals surface area contributed by atoms with E-state index in [-0.39, 0.29) is 23.6 Å². The summed E-state index contributed by atoms with van der Waals surface area (Å²) in [6, 6.07) is 29.4. The van der Waals surface area contributed by atoms with Crippen LogP contribution in [0, 0.1) is 0 Å². The highest BCUT2D eigenvalue weighted by molar-refractivity contribution is 6.02. The van der Waals surface area contributed by atoms with Gasteiger partial charge in [-0.15, -0.1) is 0 Å². The molecule has 0 aliphatic carbocycles. The van der Waals surface area contributed by atoms with Gasteiger partial charge in [-0.2, -0.15) is 0 Å². The highest BCUT2D eigenvalue weighted by Crippen LogP contribution is 2.22. The second kappa shape index (κ2) is 8.92. The van der Waals surface area contributed by atoms with Gasteiger partial charge in [-0.1, -0.05) is 60.7 Å². The summed E-state index contributed by atoms with van der Waals surface area (Å²) in [7, 11) is 0. The highest BCUT2D eigenvalue weighted by Gasteiger charge is 2.18. The second-order valence-electron chi connectivity index (χ2n) is 6.74. The molecule has 0 atom stereocenters. The quantitative estimate of drug-likeness (QED) is 0.479. The van der Waals surface area contributed by atoms with E-state index in [1.54, 1.807) is 36.4 Å². The van der Waals surface area contributed by atoms with Gasteiger partial charge in [0.25, 0.3) is 11.8 Å². The smallest absolute Gasteiger partial charge is 0.291 e. The first-order valence-corrected chi connectivity index (χ1v) is 9.56. The maximum absolute atomic E-state index is 12.9. The molecule has 4 rings (SSSR count). The molecule has 3 aromatic carbocycles.